The molecule has 0 aromatic carbocycles. The van der Waals surface area contributed by atoms with E-state index in [-0.39, 0.29) is 5.56 Å². The van der Waals surface area contributed by atoms with Gasteiger partial charge in [-0.3, -0.25) is 4.98 Å². The largest absolute Gasteiger partial charge is 0.417 e. The Bertz CT molecular complexity index is 385. The van der Waals surface area contributed by atoms with Crippen LogP contribution in [0.2, 0.25) is 0 Å². The lowest BCUT2D eigenvalue weighted by molar-refractivity contribution is -0.137. The zero-order valence-corrected chi connectivity index (χ0v) is 9.44. The molecule has 1 heterocycles. The van der Waals surface area contributed by atoms with Crippen molar-refractivity contribution in [3.8, 4) is 0 Å². The van der Waals surface area contributed by atoms with Crippen molar-refractivity contribution in [3.63, 3.8) is 0 Å². The highest BCUT2D eigenvalue weighted by Crippen LogP contribution is 2.34. The molecule has 0 amide bonds. The molecule has 0 saturated carbocycles. The Morgan fingerprint density at radius 3 is 2.75 bits per heavy atom. The Labute approximate surface area is 97.0 Å². The third kappa shape index (κ3) is 3.23. The molecular formula is C11H11ClF3N. The molecule has 5 heteroatoms. The average Bonchev–Trinajstić information content (AvgIpc) is 2.24. The topological polar surface area (TPSA) is 12.9 Å². The Morgan fingerprint density at radius 2 is 2.19 bits per heavy atom. The summed E-state index contributed by atoms with van der Waals surface area (Å²) >= 11 is 5.48. The summed E-state index contributed by atoms with van der Waals surface area (Å²) in [7, 11) is 0. The number of pyridine rings is 1. The van der Waals surface area contributed by atoms with Crippen LogP contribution in [-0.2, 0) is 6.18 Å². The van der Waals surface area contributed by atoms with E-state index in [1.807, 2.05) is 0 Å². The summed E-state index contributed by atoms with van der Waals surface area (Å²) in [6.45, 7) is 1.62. The number of allylic oxidation sites excluding steroid dienone is 2. The molecule has 0 saturated heterocycles. The second kappa shape index (κ2) is 5.34. The standard InChI is InChI=1S/C11H11ClF3N/c1-8(3-2-5-12)9-7-16-6-4-10(9)11(13,14)15/h3-4,6-7H,2,5H2,1H3/b8-3-. The lowest BCUT2D eigenvalue weighted by Gasteiger charge is -2.12. The first kappa shape index (κ1) is 13.0. The summed E-state index contributed by atoms with van der Waals surface area (Å²) < 4.78 is 37.9. The maximum Gasteiger partial charge on any atom is 0.417 e. The van der Waals surface area contributed by atoms with Gasteiger partial charge in [-0.15, -0.1) is 11.6 Å². The molecule has 16 heavy (non-hydrogen) atoms. The van der Waals surface area contributed by atoms with Crippen molar-refractivity contribution < 1.29 is 13.2 Å². The molecule has 88 valence electrons. The first-order valence-corrected chi connectivity index (χ1v) is 5.24. The van der Waals surface area contributed by atoms with Crippen molar-refractivity contribution in [1.29, 1.82) is 0 Å². The Balaban J connectivity index is 3.14. The molecule has 1 aromatic heterocycles. The number of rotatable bonds is 3. The van der Waals surface area contributed by atoms with Gasteiger partial charge in [0.15, 0.2) is 0 Å². The van der Waals surface area contributed by atoms with Gasteiger partial charge in [0.2, 0.25) is 0 Å². The highest BCUT2D eigenvalue weighted by Gasteiger charge is 2.33. The van der Waals surface area contributed by atoms with Crippen LogP contribution in [-0.4, -0.2) is 10.9 Å². The first-order chi connectivity index (χ1) is 7.46. The van der Waals surface area contributed by atoms with Crippen LogP contribution < -0.4 is 0 Å². The van der Waals surface area contributed by atoms with E-state index in [1.54, 1.807) is 13.0 Å². The fraction of sp³-hybridized carbons (Fsp3) is 0.364. The van der Waals surface area contributed by atoms with E-state index >= 15 is 0 Å². The Morgan fingerprint density at radius 1 is 1.50 bits per heavy atom. The van der Waals surface area contributed by atoms with Crippen LogP contribution >= 0.6 is 11.6 Å². The first-order valence-electron chi connectivity index (χ1n) is 4.71. The molecule has 0 radical (unpaired) electrons. The molecule has 0 aliphatic carbocycles. The fourth-order valence-corrected chi connectivity index (χ4v) is 1.45. The maximum atomic E-state index is 12.6. The van der Waals surface area contributed by atoms with Gasteiger partial charge in [-0.1, -0.05) is 6.08 Å². The lowest BCUT2D eigenvalue weighted by Crippen LogP contribution is -2.08. The van der Waals surface area contributed by atoms with Gasteiger partial charge in [0.1, 0.15) is 0 Å². The van der Waals surface area contributed by atoms with E-state index in [4.69, 9.17) is 11.6 Å². The SMILES string of the molecule is C/C(=C/CCCl)c1cnccc1C(F)(F)F. The molecule has 0 aliphatic heterocycles. The molecule has 1 nitrogen and oxygen atoms in total. The van der Waals surface area contributed by atoms with E-state index in [0.717, 1.165) is 12.3 Å². The van der Waals surface area contributed by atoms with Crippen LogP contribution in [0.5, 0.6) is 0 Å². The molecule has 0 N–H and O–H groups in total. The minimum Gasteiger partial charge on any atom is -0.264 e. The molecule has 0 fully saturated rings. The van der Waals surface area contributed by atoms with E-state index in [0.29, 0.717) is 17.9 Å². The molecular weight excluding hydrogens is 239 g/mol. The van der Waals surface area contributed by atoms with E-state index in [1.165, 1.54) is 6.20 Å². The van der Waals surface area contributed by atoms with Gasteiger partial charge in [0.05, 0.1) is 5.56 Å². The van der Waals surface area contributed by atoms with Crippen molar-refractivity contribution in [3.05, 3.63) is 35.7 Å². The van der Waals surface area contributed by atoms with Gasteiger partial charge < -0.3 is 0 Å². The van der Waals surface area contributed by atoms with Crippen molar-refractivity contribution in [2.45, 2.75) is 19.5 Å². The van der Waals surface area contributed by atoms with Gasteiger partial charge in [-0.05, 0) is 25.0 Å². The summed E-state index contributed by atoms with van der Waals surface area (Å²) in [5.41, 5.74) is -0.00739. The zero-order chi connectivity index (χ0) is 12.2. The second-order valence-corrected chi connectivity index (χ2v) is 3.66. The molecule has 0 aliphatic rings. The number of alkyl halides is 4. The van der Waals surface area contributed by atoms with Crippen LogP contribution in [0.4, 0.5) is 13.2 Å². The minimum absolute atomic E-state index is 0.111. The number of halogens is 4. The van der Waals surface area contributed by atoms with Gasteiger partial charge in [0, 0.05) is 23.8 Å². The normalized spacial score (nSPS) is 12.9. The monoisotopic (exact) mass is 249 g/mol. The molecule has 0 unspecified atom stereocenters. The smallest absolute Gasteiger partial charge is 0.264 e. The van der Waals surface area contributed by atoms with E-state index in [9.17, 15) is 13.2 Å². The zero-order valence-electron chi connectivity index (χ0n) is 8.68. The summed E-state index contributed by atoms with van der Waals surface area (Å²) in [5, 5.41) is 0. The quantitative estimate of drug-likeness (QED) is 0.734. The van der Waals surface area contributed by atoms with Gasteiger partial charge in [-0.25, -0.2) is 0 Å². The van der Waals surface area contributed by atoms with Crippen molar-refractivity contribution in [1.82, 2.24) is 4.98 Å². The number of hydrogen-bond acceptors (Lipinski definition) is 1. The van der Waals surface area contributed by atoms with E-state index in [2.05, 4.69) is 4.98 Å². The summed E-state index contributed by atoms with van der Waals surface area (Å²) in [6, 6.07) is 0.980. The van der Waals surface area contributed by atoms with Crippen LogP contribution in [0.1, 0.15) is 24.5 Å². The average molecular weight is 250 g/mol. The number of nitrogens with zero attached hydrogens (tertiary/aromatic N) is 1. The summed E-state index contributed by atoms with van der Waals surface area (Å²) in [6.07, 6.45) is 0.233. The lowest BCUT2D eigenvalue weighted by atomic mass is 10.0. The van der Waals surface area contributed by atoms with Crippen molar-refractivity contribution in [2.75, 3.05) is 5.88 Å². The molecule has 0 atom stereocenters. The number of aromatic nitrogens is 1. The van der Waals surface area contributed by atoms with E-state index < -0.39 is 11.7 Å². The molecule has 1 aromatic rings. The predicted molar refractivity (Wildman–Crippen MR) is 58.2 cm³/mol. The molecule has 1 rings (SSSR count). The van der Waals surface area contributed by atoms with Gasteiger partial charge >= 0.3 is 6.18 Å². The summed E-state index contributed by atoms with van der Waals surface area (Å²) in [5.74, 6) is 0.388. The van der Waals surface area contributed by atoms with Crippen LogP contribution in [0, 0.1) is 0 Å². The predicted octanol–water partition coefficient (Wildman–Crippen LogP) is 4.13. The minimum atomic E-state index is -4.35. The maximum absolute atomic E-state index is 12.6. The third-order valence-corrected chi connectivity index (χ3v) is 2.33. The van der Waals surface area contributed by atoms with Gasteiger partial charge in [-0.2, -0.15) is 13.2 Å². The Kier molecular flexibility index (Phi) is 4.35. The van der Waals surface area contributed by atoms with Crippen LogP contribution in [0.3, 0.4) is 0 Å². The highest BCUT2D eigenvalue weighted by atomic mass is 35.5. The van der Waals surface area contributed by atoms with Crippen molar-refractivity contribution in [2.24, 2.45) is 0 Å². The number of hydrogen-bond donors (Lipinski definition) is 0. The van der Waals surface area contributed by atoms with Crippen LogP contribution in [0.15, 0.2) is 24.5 Å². The fourth-order valence-electron chi connectivity index (χ4n) is 1.34. The summed E-state index contributed by atoms with van der Waals surface area (Å²) in [4.78, 5) is 3.71. The third-order valence-electron chi connectivity index (χ3n) is 2.11. The van der Waals surface area contributed by atoms with Gasteiger partial charge in [0.25, 0.3) is 0 Å². The van der Waals surface area contributed by atoms with Crippen molar-refractivity contribution >= 4 is 17.2 Å². The Hall–Kier alpha value is -1.03. The second-order valence-electron chi connectivity index (χ2n) is 3.28. The van der Waals surface area contributed by atoms with Crippen LogP contribution in [0.25, 0.3) is 5.57 Å². The highest BCUT2D eigenvalue weighted by molar-refractivity contribution is 6.17. The molecule has 0 bridgehead atoms. The molecule has 0 spiro atoms.